The molecule has 2 aliphatic rings. The molecule has 1 N–H and O–H groups in total. The zero-order chi connectivity index (χ0) is 22.2. The number of hydrogen-bond donors (Lipinski definition) is 1. The summed E-state index contributed by atoms with van der Waals surface area (Å²) in [5.74, 6) is 0.824. The fourth-order valence-electron chi connectivity index (χ4n) is 3.47. The third kappa shape index (κ3) is 3.61. The highest BCUT2D eigenvalue weighted by Gasteiger charge is 2.40. The number of benzene rings is 3. The molecule has 0 spiro atoms. The Hall–Kier alpha value is -3.36. The van der Waals surface area contributed by atoms with Gasteiger partial charge < -0.3 is 14.7 Å². The quantitative estimate of drug-likeness (QED) is 0.514. The number of para-hydroxylation sites is 1. The average Bonchev–Trinajstić information content (AvgIpc) is 3.31. The number of carbonyl (C=O) groups excluding carboxylic acids is 1. The molecule has 6 nitrogen and oxygen atoms in total. The number of phenols is 1. The summed E-state index contributed by atoms with van der Waals surface area (Å²) in [6, 6.07) is 22.0. The molecule has 8 heteroatoms. The van der Waals surface area contributed by atoms with Crippen molar-refractivity contribution in [3.05, 3.63) is 82.7 Å². The molecule has 5 rings (SSSR count). The van der Waals surface area contributed by atoms with E-state index in [1.54, 1.807) is 48.0 Å². The maximum Gasteiger partial charge on any atom is 0.274 e. The predicted molar refractivity (Wildman–Crippen MR) is 131 cm³/mol. The highest BCUT2D eigenvalue weighted by atomic mass is 32.2. The monoisotopic (exact) mass is 461 g/mol. The van der Waals surface area contributed by atoms with E-state index in [-0.39, 0.29) is 11.7 Å². The normalized spacial score (nSPS) is 19.1. The number of ether oxygens (including phenoxy) is 1. The predicted octanol–water partition coefficient (Wildman–Crippen LogP) is 5.58. The van der Waals surface area contributed by atoms with Crippen LogP contribution in [0.1, 0.15) is 0 Å². The van der Waals surface area contributed by atoms with Crippen LogP contribution in [0.4, 0.5) is 17.1 Å². The van der Waals surface area contributed by atoms with E-state index in [0.29, 0.717) is 15.8 Å². The van der Waals surface area contributed by atoms with E-state index in [1.807, 2.05) is 60.5 Å². The van der Waals surface area contributed by atoms with Gasteiger partial charge in [0.05, 0.1) is 29.2 Å². The van der Waals surface area contributed by atoms with Crippen LogP contribution in [-0.2, 0) is 4.79 Å². The number of amides is 1. The van der Waals surface area contributed by atoms with Crippen LogP contribution >= 0.6 is 23.5 Å². The Labute approximate surface area is 194 Å². The second kappa shape index (κ2) is 8.29. The Kier molecular flexibility index (Phi) is 5.32. The van der Waals surface area contributed by atoms with E-state index in [2.05, 4.69) is 0 Å². The lowest BCUT2D eigenvalue weighted by Gasteiger charge is -2.17. The Balaban J connectivity index is 1.59. The van der Waals surface area contributed by atoms with Gasteiger partial charge in [0.2, 0.25) is 0 Å². The zero-order valence-electron chi connectivity index (χ0n) is 17.4. The fourth-order valence-corrected chi connectivity index (χ4v) is 5.80. The van der Waals surface area contributed by atoms with Crippen LogP contribution < -0.4 is 14.5 Å². The number of anilines is 2. The van der Waals surface area contributed by atoms with Crippen LogP contribution in [0, 0.1) is 0 Å². The van der Waals surface area contributed by atoms with E-state index in [9.17, 15) is 9.90 Å². The standard InChI is InChI=1S/C24H19N3O3S2/c1-26-19-14-18(30-2)12-13-20(19)31-23(26)21-22(29)27(16-6-4-3-5-7-16)24(32-21)25-15-8-10-17(28)11-9-15/h3-14,28H,1-2H3. The van der Waals surface area contributed by atoms with Crippen LogP contribution in [0.2, 0.25) is 0 Å². The third-order valence-electron chi connectivity index (χ3n) is 5.10. The van der Waals surface area contributed by atoms with Crippen LogP contribution in [0.5, 0.6) is 11.5 Å². The molecule has 3 aromatic rings. The molecule has 1 fully saturated rings. The van der Waals surface area contributed by atoms with Gasteiger partial charge in [-0.3, -0.25) is 9.69 Å². The lowest BCUT2D eigenvalue weighted by molar-refractivity contribution is -0.113. The topological polar surface area (TPSA) is 65.4 Å². The molecular weight excluding hydrogens is 442 g/mol. The van der Waals surface area contributed by atoms with Crippen molar-refractivity contribution in [2.45, 2.75) is 4.90 Å². The number of nitrogens with zero attached hydrogens (tertiary/aromatic N) is 3. The molecular formula is C24H19N3O3S2. The minimum atomic E-state index is -0.118. The summed E-state index contributed by atoms with van der Waals surface area (Å²) in [5, 5.41) is 11.0. The summed E-state index contributed by atoms with van der Waals surface area (Å²) >= 11 is 2.92. The van der Waals surface area contributed by atoms with Crippen molar-refractivity contribution in [1.29, 1.82) is 0 Å². The first-order valence-corrected chi connectivity index (χ1v) is 11.5. The van der Waals surface area contributed by atoms with E-state index in [0.717, 1.165) is 27.0 Å². The first-order valence-electron chi connectivity index (χ1n) is 9.84. The molecule has 2 aliphatic heterocycles. The summed E-state index contributed by atoms with van der Waals surface area (Å²) in [6.07, 6.45) is 0. The lowest BCUT2D eigenvalue weighted by atomic mass is 10.2. The lowest BCUT2D eigenvalue weighted by Crippen LogP contribution is -2.29. The van der Waals surface area contributed by atoms with Gasteiger partial charge in [-0.1, -0.05) is 30.0 Å². The van der Waals surface area contributed by atoms with Gasteiger partial charge >= 0.3 is 0 Å². The zero-order valence-corrected chi connectivity index (χ0v) is 19.0. The van der Waals surface area contributed by atoms with Gasteiger partial charge in [-0.05, 0) is 60.3 Å². The Morgan fingerprint density at radius 1 is 0.969 bits per heavy atom. The van der Waals surface area contributed by atoms with Gasteiger partial charge in [-0.2, -0.15) is 0 Å². The average molecular weight is 462 g/mol. The van der Waals surface area contributed by atoms with Crippen molar-refractivity contribution in [3.63, 3.8) is 0 Å². The Morgan fingerprint density at radius 2 is 1.72 bits per heavy atom. The van der Waals surface area contributed by atoms with Crippen LogP contribution in [0.15, 0.2) is 92.6 Å². The summed E-state index contributed by atoms with van der Waals surface area (Å²) in [4.78, 5) is 23.7. The number of rotatable bonds is 3. The molecule has 0 atom stereocenters. The molecule has 32 heavy (non-hydrogen) atoms. The number of fused-ring (bicyclic) bond motifs is 1. The molecule has 0 aromatic heterocycles. The number of methoxy groups -OCH3 is 1. The summed E-state index contributed by atoms with van der Waals surface area (Å²) in [5.41, 5.74) is 2.41. The summed E-state index contributed by atoms with van der Waals surface area (Å²) in [7, 11) is 3.60. The second-order valence-electron chi connectivity index (χ2n) is 7.12. The van der Waals surface area contributed by atoms with Crippen molar-refractivity contribution in [3.8, 4) is 11.5 Å². The van der Waals surface area contributed by atoms with Crippen molar-refractivity contribution < 1.29 is 14.6 Å². The molecule has 0 aliphatic carbocycles. The third-order valence-corrected chi connectivity index (χ3v) is 7.50. The Morgan fingerprint density at radius 3 is 2.44 bits per heavy atom. The molecule has 1 amide bonds. The number of thioether (sulfide) groups is 2. The maximum absolute atomic E-state index is 13.6. The number of amidine groups is 1. The van der Waals surface area contributed by atoms with Crippen molar-refractivity contribution in [2.24, 2.45) is 4.99 Å². The van der Waals surface area contributed by atoms with Crippen LogP contribution in [0.25, 0.3) is 0 Å². The first kappa shape index (κ1) is 20.5. The van der Waals surface area contributed by atoms with Gasteiger partial charge in [0.15, 0.2) is 5.17 Å². The maximum atomic E-state index is 13.6. The van der Waals surface area contributed by atoms with Crippen molar-refractivity contribution in [1.82, 2.24) is 0 Å². The fraction of sp³-hybridized carbons (Fsp3) is 0.0833. The second-order valence-corrected chi connectivity index (χ2v) is 9.13. The molecule has 3 aromatic carbocycles. The molecule has 0 bridgehead atoms. The van der Waals surface area contributed by atoms with E-state index >= 15 is 0 Å². The van der Waals surface area contributed by atoms with Crippen molar-refractivity contribution in [2.75, 3.05) is 24.0 Å². The van der Waals surface area contributed by atoms with Gasteiger partial charge in [0.1, 0.15) is 16.4 Å². The van der Waals surface area contributed by atoms with Crippen LogP contribution in [-0.4, -0.2) is 30.3 Å². The minimum absolute atomic E-state index is 0.118. The minimum Gasteiger partial charge on any atom is -0.508 e. The van der Waals surface area contributed by atoms with E-state index in [4.69, 9.17) is 9.73 Å². The van der Waals surface area contributed by atoms with Crippen molar-refractivity contribution >= 4 is 51.7 Å². The number of carbonyl (C=O) groups is 1. The molecule has 2 heterocycles. The largest absolute Gasteiger partial charge is 0.508 e. The molecule has 160 valence electrons. The van der Waals surface area contributed by atoms with Gasteiger partial charge in [-0.15, -0.1) is 0 Å². The number of aliphatic imine (C=N–C) groups is 1. The molecule has 0 unspecified atom stereocenters. The highest BCUT2D eigenvalue weighted by molar-refractivity contribution is 8.20. The van der Waals surface area contributed by atoms with Gasteiger partial charge in [0.25, 0.3) is 5.91 Å². The van der Waals surface area contributed by atoms with Gasteiger partial charge in [0, 0.05) is 18.0 Å². The SMILES string of the molecule is COc1ccc2c(c1)N(C)C(=C1SC(=Nc3ccc(O)cc3)N(c3ccccc3)C1=O)S2. The summed E-state index contributed by atoms with van der Waals surface area (Å²) < 4.78 is 5.37. The summed E-state index contributed by atoms with van der Waals surface area (Å²) in [6.45, 7) is 0. The van der Waals surface area contributed by atoms with Crippen LogP contribution in [0.3, 0.4) is 0 Å². The molecule has 1 saturated heterocycles. The van der Waals surface area contributed by atoms with Gasteiger partial charge in [-0.25, -0.2) is 4.99 Å². The number of aromatic hydroxyl groups is 1. The highest BCUT2D eigenvalue weighted by Crippen LogP contribution is 2.51. The smallest absolute Gasteiger partial charge is 0.274 e. The first-order chi connectivity index (χ1) is 15.5. The number of phenolic OH excluding ortho intramolecular Hbond substituents is 1. The number of hydrogen-bond acceptors (Lipinski definition) is 7. The molecule has 0 saturated carbocycles. The molecule has 0 radical (unpaired) electrons. The van der Waals surface area contributed by atoms with E-state index < -0.39 is 0 Å². The van der Waals surface area contributed by atoms with E-state index in [1.165, 1.54) is 11.8 Å². The Bertz CT molecular complexity index is 1260.